The van der Waals surface area contributed by atoms with Gasteiger partial charge in [0.25, 0.3) is 5.91 Å². The number of carbonyl (C=O) groups is 1. The summed E-state index contributed by atoms with van der Waals surface area (Å²) in [5.41, 5.74) is 5.74. The van der Waals surface area contributed by atoms with Crippen LogP contribution in [0.2, 0.25) is 10.0 Å². The molecule has 2 rings (SSSR count). The van der Waals surface area contributed by atoms with Crippen molar-refractivity contribution in [1.82, 2.24) is 5.32 Å². The fourth-order valence-corrected chi connectivity index (χ4v) is 2.11. The average Bonchev–Trinajstić information content (AvgIpc) is 3.03. The van der Waals surface area contributed by atoms with E-state index in [2.05, 4.69) is 5.32 Å². The topological polar surface area (TPSA) is 97.7 Å². The Kier molecular flexibility index (Phi) is 8.38. The molecule has 0 bridgehead atoms. The molecular weight excluding hydrogens is 379 g/mol. The maximum Gasteiger partial charge on any atom is 0.254 e. The van der Waals surface area contributed by atoms with E-state index in [-0.39, 0.29) is 43.0 Å². The smallest absolute Gasteiger partial charge is 0.254 e. The Balaban J connectivity index is 0.00000288. The van der Waals surface area contributed by atoms with E-state index in [1.165, 1.54) is 6.26 Å². The summed E-state index contributed by atoms with van der Waals surface area (Å²) in [4.78, 5) is 11.8. The molecule has 1 aromatic heterocycles. The molecule has 1 heterocycles. The van der Waals surface area contributed by atoms with Crippen LogP contribution in [0.1, 0.15) is 16.1 Å². The number of amides is 1. The Hall–Kier alpha value is -1.44. The predicted octanol–water partition coefficient (Wildman–Crippen LogP) is 2.64. The maximum absolute atomic E-state index is 11.8. The predicted molar refractivity (Wildman–Crippen MR) is 94.1 cm³/mol. The van der Waals surface area contributed by atoms with Crippen LogP contribution in [0.25, 0.3) is 0 Å². The summed E-state index contributed by atoms with van der Waals surface area (Å²) in [5, 5.41) is 13.1. The number of hydrogen-bond donors (Lipinski definition) is 3. The quantitative estimate of drug-likeness (QED) is 0.669. The van der Waals surface area contributed by atoms with Crippen molar-refractivity contribution in [1.29, 1.82) is 0 Å². The van der Waals surface area contributed by atoms with Crippen LogP contribution in [0.3, 0.4) is 0 Å². The first kappa shape index (κ1) is 20.6. The molecule has 2 aromatic rings. The Morgan fingerprint density at radius 1 is 1.42 bits per heavy atom. The molecule has 0 aliphatic rings. The molecule has 6 nitrogen and oxygen atoms in total. The SMILES string of the molecule is Cl.NCc1cc(C(=O)NCC(O)COc2cccc(Cl)c2Cl)co1. The minimum Gasteiger partial charge on any atom is -0.489 e. The van der Waals surface area contributed by atoms with Gasteiger partial charge in [-0.15, -0.1) is 12.4 Å². The summed E-state index contributed by atoms with van der Waals surface area (Å²) in [6, 6.07) is 6.50. The van der Waals surface area contributed by atoms with E-state index in [1.807, 2.05) is 0 Å². The molecule has 0 fully saturated rings. The standard InChI is InChI=1S/C15H16Cl2N2O4.ClH/c16-12-2-1-3-13(14(12)17)23-8-10(20)6-19-15(21)9-4-11(5-18)22-7-9;/h1-4,7,10,20H,5-6,8,18H2,(H,19,21);1H. The summed E-state index contributed by atoms with van der Waals surface area (Å²) in [5.74, 6) is 0.509. The van der Waals surface area contributed by atoms with E-state index < -0.39 is 6.10 Å². The van der Waals surface area contributed by atoms with E-state index in [9.17, 15) is 9.90 Å². The number of nitrogens with one attached hydrogen (secondary N) is 1. The van der Waals surface area contributed by atoms with E-state index >= 15 is 0 Å². The molecule has 0 radical (unpaired) electrons. The van der Waals surface area contributed by atoms with Crippen LogP contribution in [0.4, 0.5) is 0 Å². The van der Waals surface area contributed by atoms with E-state index in [0.717, 1.165) is 0 Å². The van der Waals surface area contributed by atoms with Crippen molar-refractivity contribution in [2.45, 2.75) is 12.6 Å². The van der Waals surface area contributed by atoms with Crippen molar-refractivity contribution < 1.29 is 19.1 Å². The number of aliphatic hydroxyl groups excluding tert-OH is 1. The van der Waals surface area contributed by atoms with Gasteiger partial charge in [0.05, 0.1) is 17.1 Å². The van der Waals surface area contributed by atoms with Gasteiger partial charge in [-0.1, -0.05) is 29.3 Å². The zero-order chi connectivity index (χ0) is 16.8. The molecule has 1 amide bonds. The van der Waals surface area contributed by atoms with Gasteiger partial charge in [-0.05, 0) is 18.2 Å². The minimum atomic E-state index is -0.908. The third-order valence-corrected chi connectivity index (χ3v) is 3.76. The Bertz CT molecular complexity index is 678. The van der Waals surface area contributed by atoms with E-state index in [0.29, 0.717) is 22.1 Å². The lowest BCUT2D eigenvalue weighted by molar-refractivity contribution is 0.0843. The van der Waals surface area contributed by atoms with Crippen molar-refractivity contribution in [2.75, 3.05) is 13.2 Å². The van der Waals surface area contributed by atoms with Crippen LogP contribution < -0.4 is 15.8 Å². The van der Waals surface area contributed by atoms with Gasteiger partial charge in [0, 0.05) is 6.54 Å². The van der Waals surface area contributed by atoms with Gasteiger partial charge in [-0.3, -0.25) is 4.79 Å². The number of halogens is 3. The molecule has 4 N–H and O–H groups in total. The van der Waals surface area contributed by atoms with Gasteiger partial charge < -0.3 is 25.3 Å². The summed E-state index contributed by atoms with van der Waals surface area (Å²) in [6.45, 7) is 0.185. The summed E-state index contributed by atoms with van der Waals surface area (Å²) < 4.78 is 10.5. The lowest BCUT2D eigenvalue weighted by atomic mass is 10.2. The van der Waals surface area contributed by atoms with Crippen molar-refractivity contribution in [3.63, 3.8) is 0 Å². The van der Waals surface area contributed by atoms with Crippen LogP contribution in [-0.2, 0) is 6.54 Å². The minimum absolute atomic E-state index is 0. The van der Waals surface area contributed by atoms with Gasteiger partial charge >= 0.3 is 0 Å². The summed E-state index contributed by atoms with van der Waals surface area (Å²) in [7, 11) is 0. The molecule has 0 saturated heterocycles. The van der Waals surface area contributed by atoms with E-state index in [1.54, 1.807) is 24.3 Å². The lowest BCUT2D eigenvalue weighted by Gasteiger charge is -2.14. The van der Waals surface area contributed by atoms with Crippen molar-refractivity contribution in [2.24, 2.45) is 5.73 Å². The van der Waals surface area contributed by atoms with Crippen LogP contribution >= 0.6 is 35.6 Å². The third kappa shape index (κ3) is 5.58. The number of nitrogens with two attached hydrogens (primary N) is 1. The molecule has 1 aromatic carbocycles. The number of rotatable bonds is 7. The molecule has 24 heavy (non-hydrogen) atoms. The second-order valence-corrected chi connectivity index (χ2v) is 5.52. The third-order valence-electron chi connectivity index (χ3n) is 2.96. The van der Waals surface area contributed by atoms with Gasteiger partial charge in [0.2, 0.25) is 0 Å². The number of furan rings is 1. The molecule has 9 heteroatoms. The number of carbonyl (C=O) groups excluding carboxylic acids is 1. The number of hydrogen-bond acceptors (Lipinski definition) is 5. The maximum atomic E-state index is 11.8. The largest absolute Gasteiger partial charge is 0.489 e. The molecule has 0 aliphatic carbocycles. The normalized spacial score (nSPS) is 11.5. The first-order valence-corrected chi connectivity index (χ1v) is 7.57. The molecule has 132 valence electrons. The zero-order valence-corrected chi connectivity index (χ0v) is 14.8. The number of aliphatic hydroxyl groups is 1. The first-order valence-electron chi connectivity index (χ1n) is 6.81. The Labute approximate surface area is 155 Å². The second-order valence-electron chi connectivity index (χ2n) is 4.73. The fourth-order valence-electron chi connectivity index (χ4n) is 1.76. The molecule has 1 atom stereocenters. The van der Waals surface area contributed by atoms with Gasteiger partial charge in [-0.25, -0.2) is 0 Å². The number of benzene rings is 1. The summed E-state index contributed by atoms with van der Waals surface area (Å²) in [6.07, 6.45) is 0.404. The van der Waals surface area contributed by atoms with Gasteiger partial charge in [-0.2, -0.15) is 0 Å². The zero-order valence-electron chi connectivity index (χ0n) is 12.5. The first-order chi connectivity index (χ1) is 11.0. The van der Waals surface area contributed by atoms with Crippen LogP contribution in [-0.4, -0.2) is 30.3 Å². The van der Waals surface area contributed by atoms with Crippen molar-refractivity contribution >= 4 is 41.5 Å². The van der Waals surface area contributed by atoms with Crippen LogP contribution in [0.5, 0.6) is 5.75 Å². The molecule has 0 aliphatic heterocycles. The Morgan fingerprint density at radius 2 is 2.17 bits per heavy atom. The average molecular weight is 396 g/mol. The Morgan fingerprint density at radius 3 is 2.83 bits per heavy atom. The van der Waals surface area contributed by atoms with Crippen LogP contribution in [0.15, 0.2) is 34.9 Å². The second kappa shape index (κ2) is 9.76. The molecule has 1 unspecified atom stereocenters. The highest BCUT2D eigenvalue weighted by molar-refractivity contribution is 6.42. The van der Waals surface area contributed by atoms with Gasteiger partial charge in [0.1, 0.15) is 35.5 Å². The van der Waals surface area contributed by atoms with Crippen LogP contribution in [0, 0.1) is 0 Å². The monoisotopic (exact) mass is 394 g/mol. The highest BCUT2D eigenvalue weighted by Gasteiger charge is 2.13. The van der Waals surface area contributed by atoms with Crippen molar-refractivity contribution in [3.8, 4) is 5.75 Å². The molecule has 0 saturated carbocycles. The molecular formula is C15H17Cl3N2O4. The summed E-state index contributed by atoms with van der Waals surface area (Å²) >= 11 is 11.8. The lowest BCUT2D eigenvalue weighted by Crippen LogP contribution is -2.35. The molecule has 0 spiro atoms. The van der Waals surface area contributed by atoms with Crippen molar-refractivity contribution in [3.05, 3.63) is 51.9 Å². The fraction of sp³-hybridized carbons (Fsp3) is 0.267. The highest BCUT2D eigenvalue weighted by atomic mass is 35.5. The number of ether oxygens (including phenoxy) is 1. The highest BCUT2D eigenvalue weighted by Crippen LogP contribution is 2.31. The van der Waals surface area contributed by atoms with E-state index in [4.69, 9.17) is 38.1 Å². The van der Waals surface area contributed by atoms with Gasteiger partial charge in [0.15, 0.2) is 0 Å².